The Balaban J connectivity index is 2.52. The first-order valence-corrected chi connectivity index (χ1v) is 6.27. The number of carbonyl (C=O) groups excluding carboxylic acids is 2. The van der Waals surface area contributed by atoms with Crippen molar-refractivity contribution >= 4 is 11.9 Å². The summed E-state index contributed by atoms with van der Waals surface area (Å²) in [6, 6.07) is 1.00. The van der Waals surface area contributed by atoms with Gasteiger partial charge in [-0.25, -0.2) is 4.79 Å². The van der Waals surface area contributed by atoms with Crippen molar-refractivity contribution in [1.29, 1.82) is 0 Å². The van der Waals surface area contributed by atoms with E-state index in [1.54, 1.807) is 20.1 Å². The number of urea groups is 1. The summed E-state index contributed by atoms with van der Waals surface area (Å²) in [5, 5.41) is 4.82. The molecule has 0 aliphatic carbocycles. The van der Waals surface area contributed by atoms with Crippen LogP contribution in [0, 0.1) is 6.92 Å². The monoisotopic (exact) mass is 267 g/mol. The van der Waals surface area contributed by atoms with Crippen LogP contribution in [0.15, 0.2) is 16.7 Å². The zero-order valence-electron chi connectivity index (χ0n) is 11.8. The van der Waals surface area contributed by atoms with Crippen LogP contribution in [0.2, 0.25) is 0 Å². The van der Waals surface area contributed by atoms with Gasteiger partial charge in [-0.15, -0.1) is 0 Å². The smallest absolute Gasteiger partial charge is 0.321 e. The molecule has 0 aromatic carbocycles. The summed E-state index contributed by atoms with van der Waals surface area (Å²) in [6.07, 6.45) is 1.62. The molecule has 1 heterocycles. The van der Waals surface area contributed by atoms with Gasteiger partial charge in [0, 0.05) is 18.7 Å². The van der Waals surface area contributed by atoms with Crippen LogP contribution >= 0.6 is 0 Å². The van der Waals surface area contributed by atoms with Gasteiger partial charge in [0.2, 0.25) is 5.91 Å². The Morgan fingerprint density at radius 2 is 2.16 bits per heavy atom. The molecule has 3 amide bonds. The van der Waals surface area contributed by atoms with Crippen molar-refractivity contribution < 1.29 is 14.0 Å². The van der Waals surface area contributed by atoms with Crippen molar-refractivity contribution in [2.24, 2.45) is 0 Å². The normalized spacial score (nSPS) is 12.3. The molecule has 0 saturated carbocycles. The van der Waals surface area contributed by atoms with E-state index in [0.29, 0.717) is 13.1 Å². The number of rotatable bonds is 5. The third-order valence-electron chi connectivity index (χ3n) is 3.00. The molecule has 2 N–H and O–H groups in total. The number of hydrogen-bond donors (Lipinski definition) is 2. The molecule has 1 atom stereocenters. The van der Waals surface area contributed by atoms with Crippen LogP contribution in [-0.4, -0.2) is 36.5 Å². The maximum Gasteiger partial charge on any atom is 0.321 e. The van der Waals surface area contributed by atoms with Gasteiger partial charge in [-0.05, 0) is 33.9 Å². The fourth-order valence-corrected chi connectivity index (χ4v) is 1.60. The molecular weight excluding hydrogens is 246 g/mol. The molecule has 0 bridgehead atoms. The summed E-state index contributed by atoms with van der Waals surface area (Å²) in [5.74, 6) is 0.512. The lowest BCUT2D eigenvalue weighted by atomic mass is 10.2. The van der Waals surface area contributed by atoms with Crippen LogP contribution in [0.5, 0.6) is 0 Å². The van der Waals surface area contributed by atoms with Gasteiger partial charge >= 0.3 is 6.03 Å². The maximum absolute atomic E-state index is 11.8. The second-order valence-corrected chi connectivity index (χ2v) is 4.44. The minimum Gasteiger partial charge on any atom is -0.469 e. The van der Waals surface area contributed by atoms with E-state index in [0.717, 1.165) is 11.3 Å². The van der Waals surface area contributed by atoms with Gasteiger partial charge in [0.25, 0.3) is 0 Å². The standard InChI is InChI=1S/C13H21N3O3/c1-5-14-13(18)15-12(17)9(2)16(4)8-11-6-7-19-10(11)3/h6-7,9H,5,8H2,1-4H3,(H2,14,15,17,18)/t9-/m0/s1. The molecule has 1 aromatic heterocycles. The molecule has 0 saturated heterocycles. The van der Waals surface area contributed by atoms with E-state index in [2.05, 4.69) is 10.6 Å². The van der Waals surface area contributed by atoms with Crippen molar-refractivity contribution in [3.63, 3.8) is 0 Å². The Morgan fingerprint density at radius 1 is 1.47 bits per heavy atom. The Kier molecular flexibility index (Phi) is 5.57. The minimum atomic E-state index is -0.466. The Labute approximate surface area is 113 Å². The van der Waals surface area contributed by atoms with Gasteiger partial charge in [-0.2, -0.15) is 0 Å². The number of aryl methyl sites for hydroxylation is 1. The molecule has 1 aromatic rings. The van der Waals surface area contributed by atoms with Gasteiger partial charge in [0.15, 0.2) is 0 Å². The molecule has 0 radical (unpaired) electrons. The fourth-order valence-electron chi connectivity index (χ4n) is 1.60. The topological polar surface area (TPSA) is 74.6 Å². The number of carbonyl (C=O) groups is 2. The first-order valence-electron chi connectivity index (χ1n) is 6.27. The number of nitrogens with one attached hydrogen (secondary N) is 2. The Bertz CT molecular complexity index is 442. The average Bonchev–Trinajstić information content (AvgIpc) is 2.74. The lowest BCUT2D eigenvalue weighted by Crippen LogP contribution is -2.48. The van der Waals surface area contributed by atoms with E-state index in [1.165, 1.54) is 0 Å². The van der Waals surface area contributed by atoms with E-state index in [9.17, 15) is 9.59 Å². The van der Waals surface area contributed by atoms with Crippen LogP contribution in [0.4, 0.5) is 4.79 Å². The highest BCUT2D eigenvalue weighted by atomic mass is 16.3. The van der Waals surface area contributed by atoms with Crippen LogP contribution in [0.25, 0.3) is 0 Å². The van der Waals surface area contributed by atoms with Gasteiger partial charge < -0.3 is 9.73 Å². The van der Waals surface area contributed by atoms with E-state index >= 15 is 0 Å². The number of imide groups is 1. The van der Waals surface area contributed by atoms with E-state index < -0.39 is 12.1 Å². The maximum atomic E-state index is 11.8. The van der Waals surface area contributed by atoms with Gasteiger partial charge in [-0.1, -0.05) is 0 Å². The molecule has 6 heteroatoms. The summed E-state index contributed by atoms with van der Waals surface area (Å²) in [7, 11) is 1.83. The van der Waals surface area contributed by atoms with Crippen molar-refractivity contribution in [3.05, 3.63) is 23.7 Å². The lowest BCUT2D eigenvalue weighted by Gasteiger charge is -2.23. The molecule has 0 unspecified atom stereocenters. The number of amides is 3. The molecule has 0 aliphatic heterocycles. The number of nitrogens with zero attached hydrogens (tertiary/aromatic N) is 1. The first-order chi connectivity index (χ1) is 8.95. The molecule has 1 rings (SSSR count). The largest absolute Gasteiger partial charge is 0.469 e. The fraction of sp³-hybridized carbons (Fsp3) is 0.538. The zero-order chi connectivity index (χ0) is 14.4. The summed E-state index contributed by atoms with van der Waals surface area (Å²) in [6.45, 7) is 6.50. The minimum absolute atomic E-state index is 0.324. The Hall–Kier alpha value is -1.82. The molecule has 19 heavy (non-hydrogen) atoms. The highest BCUT2D eigenvalue weighted by Crippen LogP contribution is 2.12. The molecule has 0 spiro atoms. The quantitative estimate of drug-likeness (QED) is 0.842. The summed E-state index contributed by atoms with van der Waals surface area (Å²) >= 11 is 0. The average molecular weight is 267 g/mol. The van der Waals surface area contributed by atoms with Crippen molar-refractivity contribution in [2.75, 3.05) is 13.6 Å². The van der Waals surface area contributed by atoms with E-state index in [-0.39, 0.29) is 5.91 Å². The second kappa shape index (κ2) is 6.94. The molecular formula is C13H21N3O3. The molecule has 0 fully saturated rings. The SMILES string of the molecule is CCNC(=O)NC(=O)[C@H](C)N(C)Cc1ccoc1C. The predicted octanol–water partition coefficient (Wildman–Crippen LogP) is 1.25. The second-order valence-electron chi connectivity index (χ2n) is 4.44. The summed E-state index contributed by atoms with van der Waals surface area (Å²) in [5.41, 5.74) is 1.03. The van der Waals surface area contributed by atoms with Crippen molar-refractivity contribution in [1.82, 2.24) is 15.5 Å². The zero-order valence-corrected chi connectivity index (χ0v) is 11.8. The molecule has 0 aliphatic rings. The van der Waals surface area contributed by atoms with E-state index in [4.69, 9.17) is 4.42 Å². The van der Waals surface area contributed by atoms with E-state index in [1.807, 2.05) is 24.9 Å². The van der Waals surface area contributed by atoms with Crippen molar-refractivity contribution in [3.8, 4) is 0 Å². The summed E-state index contributed by atoms with van der Waals surface area (Å²) in [4.78, 5) is 25.0. The van der Waals surface area contributed by atoms with Crippen LogP contribution in [0.3, 0.4) is 0 Å². The number of likely N-dealkylation sites (N-methyl/N-ethyl adjacent to an activating group) is 1. The third-order valence-corrected chi connectivity index (χ3v) is 3.00. The Morgan fingerprint density at radius 3 is 2.68 bits per heavy atom. The number of furan rings is 1. The van der Waals surface area contributed by atoms with Gasteiger partial charge in [0.1, 0.15) is 5.76 Å². The number of hydrogen-bond acceptors (Lipinski definition) is 4. The first kappa shape index (κ1) is 15.2. The molecule has 6 nitrogen and oxygen atoms in total. The highest BCUT2D eigenvalue weighted by Gasteiger charge is 2.20. The van der Waals surface area contributed by atoms with Gasteiger partial charge in [0.05, 0.1) is 12.3 Å². The molecule has 106 valence electrons. The van der Waals surface area contributed by atoms with Crippen LogP contribution in [-0.2, 0) is 11.3 Å². The predicted molar refractivity (Wildman–Crippen MR) is 71.6 cm³/mol. The van der Waals surface area contributed by atoms with Crippen LogP contribution in [0.1, 0.15) is 25.2 Å². The van der Waals surface area contributed by atoms with Crippen LogP contribution < -0.4 is 10.6 Å². The van der Waals surface area contributed by atoms with Gasteiger partial charge in [-0.3, -0.25) is 15.0 Å². The lowest BCUT2D eigenvalue weighted by molar-refractivity contribution is -0.124. The highest BCUT2D eigenvalue weighted by molar-refractivity contribution is 5.96. The van der Waals surface area contributed by atoms with Crippen molar-refractivity contribution in [2.45, 2.75) is 33.4 Å². The summed E-state index contributed by atoms with van der Waals surface area (Å²) < 4.78 is 5.21. The third kappa shape index (κ3) is 4.40.